The summed E-state index contributed by atoms with van der Waals surface area (Å²) in [5.41, 5.74) is 3.20. The van der Waals surface area contributed by atoms with Gasteiger partial charge in [-0.3, -0.25) is 19.7 Å². The van der Waals surface area contributed by atoms with Crippen molar-refractivity contribution < 1.29 is 14.5 Å². The van der Waals surface area contributed by atoms with Gasteiger partial charge in [-0.05, 0) is 44.9 Å². The summed E-state index contributed by atoms with van der Waals surface area (Å²) in [6.45, 7) is 4.95. The van der Waals surface area contributed by atoms with Crippen molar-refractivity contribution >= 4 is 39.6 Å². The molecule has 0 saturated carbocycles. The highest BCUT2D eigenvalue weighted by atomic mass is 16.6. The zero-order valence-electron chi connectivity index (χ0n) is 19.9. The molecule has 0 radical (unpaired) electrons. The second-order valence-electron chi connectivity index (χ2n) is 9.18. The van der Waals surface area contributed by atoms with E-state index in [1.807, 2.05) is 35.2 Å². The molecule has 180 valence electrons. The average molecular weight is 482 g/mol. The molecule has 3 aromatic carbocycles. The van der Waals surface area contributed by atoms with Crippen LogP contribution in [0.4, 0.5) is 17.1 Å². The third-order valence-corrected chi connectivity index (χ3v) is 7.08. The van der Waals surface area contributed by atoms with Gasteiger partial charge < -0.3 is 4.90 Å². The number of amides is 2. The van der Waals surface area contributed by atoms with Gasteiger partial charge in [0, 0.05) is 35.5 Å². The van der Waals surface area contributed by atoms with E-state index in [4.69, 9.17) is 0 Å². The van der Waals surface area contributed by atoms with Crippen molar-refractivity contribution in [3.8, 4) is 5.69 Å². The van der Waals surface area contributed by atoms with Gasteiger partial charge in [-0.15, -0.1) is 0 Å². The van der Waals surface area contributed by atoms with Gasteiger partial charge in [0.05, 0.1) is 33.2 Å². The SMILES string of the molecule is Cc1nn(-c2ccccc2)c(C)c1N1C(=O)c2cccc3c(N4CCCC4)c([N+](=O)[O-])cc(c23)C1=O. The number of aromatic nitrogens is 2. The van der Waals surface area contributed by atoms with Crippen LogP contribution >= 0.6 is 0 Å². The van der Waals surface area contributed by atoms with Crippen molar-refractivity contribution in [2.45, 2.75) is 26.7 Å². The first-order valence-electron chi connectivity index (χ1n) is 11.9. The maximum absolute atomic E-state index is 13.9. The molecule has 2 aliphatic rings. The van der Waals surface area contributed by atoms with Gasteiger partial charge in [-0.2, -0.15) is 5.10 Å². The Morgan fingerprint density at radius 1 is 0.889 bits per heavy atom. The second kappa shape index (κ2) is 8.01. The van der Waals surface area contributed by atoms with Gasteiger partial charge in [0.1, 0.15) is 5.69 Å². The minimum Gasteiger partial charge on any atom is -0.365 e. The summed E-state index contributed by atoms with van der Waals surface area (Å²) >= 11 is 0. The van der Waals surface area contributed by atoms with Crippen molar-refractivity contribution in [2.75, 3.05) is 22.9 Å². The van der Waals surface area contributed by atoms with Crippen LogP contribution in [0.15, 0.2) is 54.6 Å². The quantitative estimate of drug-likeness (QED) is 0.232. The Kier molecular flexibility index (Phi) is 4.89. The molecule has 0 aliphatic carbocycles. The van der Waals surface area contributed by atoms with E-state index in [0.717, 1.165) is 23.4 Å². The molecule has 1 saturated heterocycles. The van der Waals surface area contributed by atoms with Crippen LogP contribution in [0.3, 0.4) is 0 Å². The van der Waals surface area contributed by atoms with Crippen LogP contribution in [-0.2, 0) is 0 Å². The monoisotopic (exact) mass is 481 g/mol. The third kappa shape index (κ3) is 3.05. The second-order valence-corrected chi connectivity index (χ2v) is 9.18. The first kappa shape index (κ1) is 22.0. The highest BCUT2D eigenvalue weighted by Crippen LogP contribution is 2.44. The third-order valence-electron chi connectivity index (χ3n) is 7.08. The number of rotatable bonds is 4. The molecule has 2 aliphatic heterocycles. The summed E-state index contributed by atoms with van der Waals surface area (Å²) in [4.78, 5) is 42.6. The molecule has 3 heterocycles. The minimum absolute atomic E-state index is 0.118. The Balaban J connectivity index is 1.58. The molecule has 0 N–H and O–H groups in total. The van der Waals surface area contributed by atoms with Crippen LogP contribution in [0.25, 0.3) is 16.5 Å². The molecule has 1 aromatic heterocycles. The number of aryl methyl sites for hydroxylation is 1. The standard InChI is InChI=1S/C27H23N5O4/c1-16-24(17(2)31(28-16)18-9-4-3-5-10-18)30-26(33)20-12-8-11-19-23(20)21(27(30)34)15-22(32(35)36)25(19)29-13-6-7-14-29/h3-5,8-12,15H,6-7,13-14H2,1-2H3. The fourth-order valence-corrected chi connectivity index (χ4v) is 5.53. The Bertz CT molecular complexity index is 1590. The van der Waals surface area contributed by atoms with Gasteiger partial charge in [0.2, 0.25) is 0 Å². The molecule has 9 nitrogen and oxygen atoms in total. The maximum Gasteiger partial charge on any atom is 0.293 e. The number of benzene rings is 3. The summed E-state index contributed by atoms with van der Waals surface area (Å²) in [5.74, 6) is -1.04. The van der Waals surface area contributed by atoms with Crippen molar-refractivity contribution in [3.05, 3.63) is 87.2 Å². The molecule has 4 aromatic rings. The van der Waals surface area contributed by atoms with E-state index >= 15 is 0 Å². The normalized spacial score (nSPS) is 15.3. The van der Waals surface area contributed by atoms with Crippen LogP contribution in [0.2, 0.25) is 0 Å². The molecular weight excluding hydrogens is 458 g/mol. The molecule has 1 fully saturated rings. The molecule has 36 heavy (non-hydrogen) atoms. The molecule has 0 unspecified atom stereocenters. The lowest BCUT2D eigenvalue weighted by Gasteiger charge is -2.29. The van der Waals surface area contributed by atoms with Crippen molar-refractivity contribution in [3.63, 3.8) is 0 Å². The molecule has 6 rings (SSSR count). The van der Waals surface area contributed by atoms with E-state index in [9.17, 15) is 19.7 Å². The number of carbonyl (C=O) groups excluding carboxylic acids is 2. The summed E-state index contributed by atoms with van der Waals surface area (Å²) in [6, 6.07) is 16.0. The average Bonchev–Trinajstić information content (AvgIpc) is 3.51. The van der Waals surface area contributed by atoms with E-state index in [2.05, 4.69) is 5.10 Å². The number of anilines is 2. The molecule has 0 bridgehead atoms. The fourth-order valence-electron chi connectivity index (χ4n) is 5.53. The van der Waals surface area contributed by atoms with Gasteiger partial charge >= 0.3 is 0 Å². The number of para-hydroxylation sites is 1. The maximum atomic E-state index is 13.9. The highest BCUT2D eigenvalue weighted by Gasteiger charge is 2.40. The number of hydrogen-bond donors (Lipinski definition) is 0. The molecule has 0 atom stereocenters. The van der Waals surface area contributed by atoms with Crippen LogP contribution in [0.1, 0.15) is 44.9 Å². The van der Waals surface area contributed by atoms with Crippen LogP contribution in [-0.4, -0.2) is 39.6 Å². The minimum atomic E-state index is -0.585. The lowest BCUT2D eigenvalue weighted by molar-refractivity contribution is -0.384. The van der Waals surface area contributed by atoms with Crippen LogP contribution in [0, 0.1) is 24.0 Å². The lowest BCUT2D eigenvalue weighted by atomic mass is 9.91. The predicted molar refractivity (Wildman–Crippen MR) is 136 cm³/mol. The van der Waals surface area contributed by atoms with Crippen molar-refractivity contribution in [1.82, 2.24) is 9.78 Å². The fraction of sp³-hybridized carbons (Fsp3) is 0.222. The van der Waals surface area contributed by atoms with E-state index in [0.29, 0.717) is 52.2 Å². The summed E-state index contributed by atoms with van der Waals surface area (Å²) in [6.07, 6.45) is 1.88. The zero-order chi connectivity index (χ0) is 25.1. The van der Waals surface area contributed by atoms with E-state index in [1.54, 1.807) is 36.7 Å². The highest BCUT2D eigenvalue weighted by molar-refractivity contribution is 6.37. The summed E-state index contributed by atoms with van der Waals surface area (Å²) in [7, 11) is 0. The topological polar surface area (TPSA) is 102 Å². The first-order valence-corrected chi connectivity index (χ1v) is 11.9. The van der Waals surface area contributed by atoms with Crippen molar-refractivity contribution in [1.29, 1.82) is 0 Å². The van der Waals surface area contributed by atoms with E-state index in [1.165, 1.54) is 6.07 Å². The zero-order valence-corrected chi connectivity index (χ0v) is 19.9. The lowest BCUT2D eigenvalue weighted by Crippen LogP contribution is -2.41. The first-order chi connectivity index (χ1) is 17.4. The van der Waals surface area contributed by atoms with Crippen LogP contribution in [0.5, 0.6) is 0 Å². The number of imide groups is 1. The number of carbonyl (C=O) groups is 2. The van der Waals surface area contributed by atoms with E-state index in [-0.39, 0.29) is 11.3 Å². The number of nitrogens with zero attached hydrogens (tertiary/aromatic N) is 5. The number of nitro groups is 1. The number of nitro benzene ring substituents is 1. The Morgan fingerprint density at radius 2 is 1.58 bits per heavy atom. The van der Waals surface area contributed by atoms with Crippen molar-refractivity contribution in [2.24, 2.45) is 0 Å². The number of hydrogen-bond acceptors (Lipinski definition) is 6. The Labute approximate surface area is 206 Å². The van der Waals surface area contributed by atoms with Gasteiger partial charge in [0.15, 0.2) is 0 Å². The summed E-state index contributed by atoms with van der Waals surface area (Å²) in [5, 5.41) is 17.8. The Morgan fingerprint density at radius 3 is 2.28 bits per heavy atom. The Hall–Kier alpha value is -4.53. The smallest absolute Gasteiger partial charge is 0.293 e. The van der Waals surface area contributed by atoms with Gasteiger partial charge in [-0.1, -0.05) is 30.3 Å². The molecule has 9 heteroatoms. The molecule has 2 amide bonds. The van der Waals surface area contributed by atoms with E-state index < -0.39 is 16.7 Å². The summed E-state index contributed by atoms with van der Waals surface area (Å²) < 4.78 is 1.69. The molecule has 0 spiro atoms. The van der Waals surface area contributed by atoms with Crippen LogP contribution < -0.4 is 9.80 Å². The van der Waals surface area contributed by atoms with Gasteiger partial charge in [0.25, 0.3) is 17.5 Å². The van der Waals surface area contributed by atoms with Gasteiger partial charge in [-0.25, -0.2) is 9.58 Å². The molecular formula is C27H23N5O4. The largest absolute Gasteiger partial charge is 0.365 e. The predicted octanol–water partition coefficient (Wildman–Crippen LogP) is 4.95.